The topological polar surface area (TPSA) is 42.3 Å². The molecule has 25 heavy (non-hydrogen) atoms. The molecule has 0 spiro atoms. The highest BCUT2D eigenvalue weighted by molar-refractivity contribution is 6.07. The Labute approximate surface area is 146 Å². The first kappa shape index (κ1) is 15.6. The molecule has 0 fully saturated rings. The number of para-hydroxylation sites is 1. The van der Waals surface area contributed by atoms with E-state index in [-0.39, 0.29) is 18.2 Å². The number of hydrogen-bond donors (Lipinski definition) is 0. The molecule has 2 aromatic carbocycles. The van der Waals surface area contributed by atoms with Gasteiger partial charge < -0.3 is 9.47 Å². The van der Waals surface area contributed by atoms with Crippen LogP contribution in [0.1, 0.15) is 28.4 Å². The van der Waals surface area contributed by atoms with Crippen LogP contribution < -0.4 is 0 Å². The maximum atomic E-state index is 12.8. The number of Topliss-reactive ketones (excluding diaryl/α,β-unsaturated/α-hetero) is 1. The van der Waals surface area contributed by atoms with Crippen molar-refractivity contribution in [2.24, 2.45) is 0 Å². The summed E-state index contributed by atoms with van der Waals surface area (Å²) in [5, 5.41) is 0.909. The summed E-state index contributed by atoms with van der Waals surface area (Å²) < 4.78 is 1.90. The Balaban J connectivity index is 1.60. The predicted molar refractivity (Wildman–Crippen MR) is 97.5 cm³/mol. The van der Waals surface area contributed by atoms with Crippen molar-refractivity contribution in [2.75, 3.05) is 6.54 Å². The van der Waals surface area contributed by atoms with E-state index in [1.807, 2.05) is 52.1 Å². The van der Waals surface area contributed by atoms with Crippen LogP contribution in [-0.2, 0) is 24.3 Å². The monoisotopic (exact) mass is 332 g/mol. The van der Waals surface area contributed by atoms with Crippen LogP contribution in [0.15, 0.2) is 54.7 Å². The standard InChI is InChI=1S/C21H20N2O2/c1-15(24)19-13-23(20-9-5-4-8-18(19)20)14-21(25)22-11-10-16-6-2-3-7-17(16)12-22/h2-9,13H,10-12,14H2,1H3. The van der Waals surface area contributed by atoms with Gasteiger partial charge in [0, 0.05) is 35.8 Å². The van der Waals surface area contributed by atoms with Gasteiger partial charge in [-0.3, -0.25) is 9.59 Å². The molecule has 1 amide bonds. The van der Waals surface area contributed by atoms with Crippen LogP contribution in [0, 0.1) is 0 Å². The number of aromatic nitrogens is 1. The fourth-order valence-electron chi connectivity index (χ4n) is 3.61. The highest BCUT2D eigenvalue weighted by atomic mass is 16.2. The first-order valence-corrected chi connectivity index (χ1v) is 8.57. The zero-order valence-corrected chi connectivity index (χ0v) is 14.2. The summed E-state index contributed by atoms with van der Waals surface area (Å²) in [6.07, 6.45) is 2.70. The lowest BCUT2D eigenvalue weighted by Gasteiger charge is -2.29. The normalized spacial score (nSPS) is 13.7. The van der Waals surface area contributed by atoms with Crippen molar-refractivity contribution in [1.29, 1.82) is 0 Å². The van der Waals surface area contributed by atoms with Crippen LogP contribution >= 0.6 is 0 Å². The molecule has 0 saturated carbocycles. The SMILES string of the molecule is CC(=O)c1cn(CC(=O)N2CCc3ccccc3C2)c2ccccc12. The van der Waals surface area contributed by atoms with E-state index in [0.717, 1.165) is 23.9 Å². The summed E-state index contributed by atoms with van der Waals surface area (Å²) in [5.41, 5.74) is 4.16. The molecule has 0 bridgehead atoms. The fourth-order valence-corrected chi connectivity index (χ4v) is 3.61. The molecular weight excluding hydrogens is 312 g/mol. The molecule has 0 atom stereocenters. The third kappa shape index (κ3) is 2.84. The molecule has 4 nitrogen and oxygen atoms in total. The van der Waals surface area contributed by atoms with Crippen LogP contribution in [0.3, 0.4) is 0 Å². The average Bonchev–Trinajstić information content (AvgIpc) is 3.00. The van der Waals surface area contributed by atoms with Crippen molar-refractivity contribution in [3.05, 3.63) is 71.4 Å². The molecule has 0 N–H and O–H groups in total. The molecule has 126 valence electrons. The van der Waals surface area contributed by atoms with Crippen molar-refractivity contribution < 1.29 is 9.59 Å². The average molecular weight is 332 g/mol. The second-order valence-corrected chi connectivity index (χ2v) is 6.58. The Morgan fingerprint density at radius 1 is 1.00 bits per heavy atom. The van der Waals surface area contributed by atoms with Gasteiger partial charge in [0.25, 0.3) is 0 Å². The lowest BCUT2D eigenvalue weighted by molar-refractivity contribution is -0.132. The van der Waals surface area contributed by atoms with Crippen molar-refractivity contribution in [3.8, 4) is 0 Å². The number of rotatable bonds is 3. The van der Waals surface area contributed by atoms with Gasteiger partial charge >= 0.3 is 0 Å². The summed E-state index contributed by atoms with van der Waals surface area (Å²) in [6, 6.07) is 16.0. The van der Waals surface area contributed by atoms with E-state index in [9.17, 15) is 9.59 Å². The molecule has 3 aromatic rings. The summed E-state index contributed by atoms with van der Waals surface area (Å²) in [4.78, 5) is 26.6. The number of carbonyl (C=O) groups excluding carboxylic acids is 2. The second-order valence-electron chi connectivity index (χ2n) is 6.58. The molecule has 1 aliphatic heterocycles. The fraction of sp³-hybridized carbons (Fsp3) is 0.238. The minimum Gasteiger partial charge on any atom is -0.337 e. The van der Waals surface area contributed by atoms with Crippen LogP contribution in [0.2, 0.25) is 0 Å². The first-order chi connectivity index (χ1) is 12.1. The number of ketones is 1. The van der Waals surface area contributed by atoms with Crippen molar-refractivity contribution >= 4 is 22.6 Å². The number of nitrogens with zero attached hydrogens (tertiary/aromatic N) is 2. The second kappa shape index (κ2) is 6.20. The summed E-state index contributed by atoms with van der Waals surface area (Å²) in [6.45, 7) is 3.23. The minimum atomic E-state index is 0.0225. The van der Waals surface area contributed by atoms with Gasteiger partial charge in [-0.1, -0.05) is 42.5 Å². The molecule has 0 saturated heterocycles. The molecule has 0 unspecified atom stereocenters. The smallest absolute Gasteiger partial charge is 0.242 e. The number of fused-ring (bicyclic) bond motifs is 2. The molecule has 0 aliphatic carbocycles. The first-order valence-electron chi connectivity index (χ1n) is 8.57. The van der Waals surface area contributed by atoms with Gasteiger partial charge in [0.2, 0.25) is 5.91 Å². The zero-order valence-electron chi connectivity index (χ0n) is 14.2. The van der Waals surface area contributed by atoms with E-state index < -0.39 is 0 Å². The van der Waals surface area contributed by atoms with Gasteiger partial charge in [0.15, 0.2) is 5.78 Å². The summed E-state index contributed by atoms with van der Waals surface area (Å²) in [7, 11) is 0. The predicted octanol–water partition coefficient (Wildman–Crippen LogP) is 3.43. The third-order valence-corrected chi connectivity index (χ3v) is 4.96. The summed E-state index contributed by atoms with van der Waals surface area (Å²) >= 11 is 0. The largest absolute Gasteiger partial charge is 0.337 e. The van der Waals surface area contributed by atoms with Gasteiger partial charge in [-0.05, 0) is 30.5 Å². The molecule has 1 aliphatic rings. The number of hydrogen-bond acceptors (Lipinski definition) is 2. The molecule has 2 heterocycles. The lowest BCUT2D eigenvalue weighted by atomic mass is 10.00. The van der Waals surface area contributed by atoms with Crippen LogP contribution in [0.25, 0.3) is 10.9 Å². The highest BCUT2D eigenvalue weighted by Crippen LogP contribution is 2.23. The molecule has 4 heteroatoms. The van der Waals surface area contributed by atoms with Crippen LogP contribution in [0.5, 0.6) is 0 Å². The Hall–Kier alpha value is -2.88. The van der Waals surface area contributed by atoms with Gasteiger partial charge in [-0.15, -0.1) is 0 Å². The maximum absolute atomic E-state index is 12.8. The van der Waals surface area contributed by atoms with Crippen LogP contribution in [-0.4, -0.2) is 27.7 Å². The Morgan fingerprint density at radius 3 is 2.52 bits per heavy atom. The summed E-state index contributed by atoms with van der Waals surface area (Å²) in [5.74, 6) is 0.111. The van der Waals surface area contributed by atoms with E-state index in [4.69, 9.17) is 0 Å². The number of carbonyl (C=O) groups is 2. The van der Waals surface area contributed by atoms with Gasteiger partial charge in [0.1, 0.15) is 6.54 Å². The Bertz CT molecular complexity index is 971. The van der Waals surface area contributed by atoms with Gasteiger partial charge in [-0.25, -0.2) is 0 Å². The molecule has 4 rings (SSSR count). The van der Waals surface area contributed by atoms with E-state index in [1.165, 1.54) is 11.1 Å². The molecule has 0 radical (unpaired) electrons. The van der Waals surface area contributed by atoms with Gasteiger partial charge in [0.05, 0.1) is 0 Å². The van der Waals surface area contributed by atoms with Gasteiger partial charge in [-0.2, -0.15) is 0 Å². The lowest BCUT2D eigenvalue weighted by Crippen LogP contribution is -2.37. The van der Waals surface area contributed by atoms with Crippen LogP contribution in [0.4, 0.5) is 0 Å². The quantitative estimate of drug-likeness (QED) is 0.690. The Morgan fingerprint density at radius 2 is 1.72 bits per heavy atom. The molecular formula is C21H20N2O2. The highest BCUT2D eigenvalue weighted by Gasteiger charge is 2.21. The van der Waals surface area contributed by atoms with Crippen molar-refractivity contribution in [1.82, 2.24) is 9.47 Å². The number of amides is 1. The third-order valence-electron chi connectivity index (χ3n) is 4.96. The van der Waals surface area contributed by atoms with Crippen molar-refractivity contribution in [2.45, 2.75) is 26.4 Å². The number of benzene rings is 2. The molecule has 1 aromatic heterocycles. The van der Waals surface area contributed by atoms with E-state index in [2.05, 4.69) is 12.1 Å². The Kier molecular flexibility index (Phi) is 3.88. The van der Waals surface area contributed by atoms with E-state index in [1.54, 1.807) is 6.92 Å². The maximum Gasteiger partial charge on any atom is 0.242 e. The van der Waals surface area contributed by atoms with E-state index in [0.29, 0.717) is 12.1 Å². The zero-order chi connectivity index (χ0) is 17.4. The van der Waals surface area contributed by atoms with Crippen molar-refractivity contribution in [3.63, 3.8) is 0 Å². The van der Waals surface area contributed by atoms with E-state index >= 15 is 0 Å². The minimum absolute atomic E-state index is 0.0225.